The van der Waals surface area contributed by atoms with Gasteiger partial charge in [-0.3, -0.25) is 4.79 Å². The zero-order valence-corrected chi connectivity index (χ0v) is 10.9. The van der Waals surface area contributed by atoms with Gasteiger partial charge in [0.15, 0.2) is 0 Å². The van der Waals surface area contributed by atoms with Gasteiger partial charge in [0.25, 0.3) is 0 Å². The maximum atomic E-state index is 11.8. The molecule has 3 heterocycles. The maximum Gasteiger partial charge on any atom is 0.248 e. The smallest absolute Gasteiger partial charge is 0.248 e. The fourth-order valence-corrected chi connectivity index (χ4v) is 1.92. The molecule has 5 nitrogen and oxygen atoms in total. The predicted molar refractivity (Wildman–Crippen MR) is 76.3 cm³/mol. The molecule has 0 aromatic carbocycles. The Balaban J connectivity index is 1.73. The molecule has 0 bridgehead atoms. The second kappa shape index (κ2) is 5.05. The molecule has 0 aliphatic heterocycles. The second-order valence-electron chi connectivity index (χ2n) is 4.40. The Kier molecular flexibility index (Phi) is 3.09. The van der Waals surface area contributed by atoms with Crippen LogP contribution in [0, 0.1) is 6.92 Å². The van der Waals surface area contributed by atoms with Gasteiger partial charge in [0.05, 0.1) is 17.6 Å². The van der Waals surface area contributed by atoms with Gasteiger partial charge in [0.2, 0.25) is 5.91 Å². The Morgan fingerprint density at radius 2 is 2.25 bits per heavy atom. The Morgan fingerprint density at radius 3 is 3.05 bits per heavy atom. The summed E-state index contributed by atoms with van der Waals surface area (Å²) in [6.45, 7) is 1.93. The summed E-state index contributed by atoms with van der Waals surface area (Å²) in [6.07, 6.45) is 8.35. The van der Waals surface area contributed by atoms with Crippen molar-refractivity contribution < 1.29 is 9.21 Å². The lowest BCUT2D eigenvalue weighted by Crippen LogP contribution is -2.08. The fraction of sp³-hybridized carbons (Fsp3) is 0.0667. The highest BCUT2D eigenvalue weighted by atomic mass is 16.3. The number of carbonyl (C=O) groups is 1. The van der Waals surface area contributed by atoms with Crippen LogP contribution in [0.1, 0.15) is 11.5 Å². The van der Waals surface area contributed by atoms with Crippen molar-refractivity contribution in [1.82, 2.24) is 9.38 Å². The van der Waals surface area contributed by atoms with E-state index in [1.807, 2.05) is 35.9 Å². The number of aryl methyl sites for hydroxylation is 1. The van der Waals surface area contributed by atoms with E-state index in [9.17, 15) is 4.79 Å². The highest BCUT2D eigenvalue weighted by Crippen LogP contribution is 2.11. The minimum atomic E-state index is -0.211. The topological polar surface area (TPSA) is 59.5 Å². The van der Waals surface area contributed by atoms with E-state index < -0.39 is 0 Å². The van der Waals surface area contributed by atoms with Gasteiger partial charge < -0.3 is 14.1 Å². The number of nitrogens with zero attached hydrogens (tertiary/aromatic N) is 2. The number of nitrogens with one attached hydrogen (secondary N) is 1. The van der Waals surface area contributed by atoms with Gasteiger partial charge in [-0.2, -0.15) is 0 Å². The molecule has 100 valence electrons. The van der Waals surface area contributed by atoms with Crippen molar-refractivity contribution in [2.24, 2.45) is 0 Å². The van der Waals surface area contributed by atoms with Crippen LogP contribution < -0.4 is 5.32 Å². The molecule has 3 aromatic heterocycles. The van der Waals surface area contributed by atoms with E-state index in [0.717, 1.165) is 11.3 Å². The van der Waals surface area contributed by atoms with Gasteiger partial charge >= 0.3 is 0 Å². The molecule has 0 fully saturated rings. The summed E-state index contributed by atoms with van der Waals surface area (Å²) in [6, 6.07) is 7.23. The van der Waals surface area contributed by atoms with Crippen molar-refractivity contribution >= 4 is 23.3 Å². The Labute approximate surface area is 115 Å². The predicted octanol–water partition coefficient (Wildman–Crippen LogP) is 2.89. The number of rotatable bonds is 3. The van der Waals surface area contributed by atoms with E-state index in [-0.39, 0.29) is 5.91 Å². The van der Waals surface area contributed by atoms with Crippen molar-refractivity contribution in [3.63, 3.8) is 0 Å². The van der Waals surface area contributed by atoms with Crippen LogP contribution in [0.25, 0.3) is 11.7 Å². The van der Waals surface area contributed by atoms with Gasteiger partial charge in [0.1, 0.15) is 11.4 Å². The number of pyridine rings is 1. The van der Waals surface area contributed by atoms with Gasteiger partial charge in [-0.15, -0.1) is 0 Å². The van der Waals surface area contributed by atoms with Crippen molar-refractivity contribution in [2.75, 3.05) is 5.32 Å². The third-order valence-corrected chi connectivity index (χ3v) is 2.78. The molecule has 0 radical (unpaired) electrons. The van der Waals surface area contributed by atoms with E-state index in [0.29, 0.717) is 11.4 Å². The monoisotopic (exact) mass is 267 g/mol. The van der Waals surface area contributed by atoms with Crippen molar-refractivity contribution in [3.8, 4) is 0 Å². The summed E-state index contributed by atoms with van der Waals surface area (Å²) in [7, 11) is 0. The molecule has 0 atom stereocenters. The molecule has 3 rings (SSSR count). The summed E-state index contributed by atoms with van der Waals surface area (Å²) < 4.78 is 6.99. The second-order valence-corrected chi connectivity index (χ2v) is 4.40. The minimum absolute atomic E-state index is 0.211. The summed E-state index contributed by atoms with van der Waals surface area (Å²) in [5.41, 5.74) is 2.50. The van der Waals surface area contributed by atoms with Crippen molar-refractivity contribution in [3.05, 3.63) is 60.5 Å². The lowest BCUT2D eigenvalue weighted by molar-refractivity contribution is -0.111. The number of furan rings is 1. The summed E-state index contributed by atoms with van der Waals surface area (Å²) in [5.74, 6) is 0.429. The number of anilines is 1. The van der Waals surface area contributed by atoms with Gasteiger partial charge in [0, 0.05) is 18.5 Å². The van der Waals surface area contributed by atoms with Gasteiger partial charge in [-0.25, -0.2) is 4.98 Å². The van der Waals surface area contributed by atoms with E-state index in [1.165, 1.54) is 6.08 Å². The number of aromatic nitrogens is 2. The van der Waals surface area contributed by atoms with Gasteiger partial charge in [-0.05, 0) is 37.3 Å². The molecular weight excluding hydrogens is 254 g/mol. The van der Waals surface area contributed by atoms with E-state index in [2.05, 4.69) is 10.3 Å². The van der Waals surface area contributed by atoms with Crippen LogP contribution in [0.5, 0.6) is 0 Å². The van der Waals surface area contributed by atoms with E-state index in [1.54, 1.807) is 24.5 Å². The molecule has 0 saturated heterocycles. The number of fused-ring (bicyclic) bond motifs is 1. The molecular formula is C15H13N3O2. The number of imidazole rings is 1. The average molecular weight is 267 g/mol. The van der Waals surface area contributed by atoms with Gasteiger partial charge in [-0.1, -0.05) is 0 Å². The third kappa shape index (κ3) is 2.61. The Morgan fingerprint density at radius 1 is 1.35 bits per heavy atom. The first-order chi connectivity index (χ1) is 9.70. The zero-order valence-electron chi connectivity index (χ0n) is 10.9. The average Bonchev–Trinajstić information content (AvgIpc) is 3.04. The summed E-state index contributed by atoms with van der Waals surface area (Å²) >= 11 is 0. The molecule has 1 N–H and O–H groups in total. The first-order valence-electron chi connectivity index (χ1n) is 6.19. The van der Waals surface area contributed by atoms with Crippen LogP contribution in [0.2, 0.25) is 0 Å². The molecule has 3 aromatic rings. The molecule has 0 aliphatic carbocycles. The summed E-state index contributed by atoms with van der Waals surface area (Å²) in [4.78, 5) is 16.1. The first kappa shape index (κ1) is 12.2. The molecule has 0 saturated carbocycles. The summed E-state index contributed by atoms with van der Waals surface area (Å²) in [5, 5.41) is 2.79. The quantitative estimate of drug-likeness (QED) is 0.742. The number of hydrogen-bond acceptors (Lipinski definition) is 3. The van der Waals surface area contributed by atoms with Crippen LogP contribution >= 0.6 is 0 Å². The number of amides is 1. The van der Waals surface area contributed by atoms with Crippen LogP contribution in [-0.4, -0.2) is 15.3 Å². The zero-order chi connectivity index (χ0) is 13.9. The molecule has 20 heavy (non-hydrogen) atoms. The highest BCUT2D eigenvalue weighted by molar-refractivity contribution is 6.01. The van der Waals surface area contributed by atoms with Crippen molar-refractivity contribution in [2.45, 2.75) is 6.92 Å². The molecule has 0 aliphatic rings. The Bertz CT molecular complexity index is 770. The molecule has 0 unspecified atom stereocenters. The van der Waals surface area contributed by atoms with Crippen LogP contribution in [0.4, 0.5) is 5.69 Å². The number of hydrogen-bond donors (Lipinski definition) is 1. The maximum absolute atomic E-state index is 11.8. The van der Waals surface area contributed by atoms with Crippen molar-refractivity contribution in [1.29, 1.82) is 0 Å². The minimum Gasteiger partial charge on any atom is -0.465 e. The van der Waals surface area contributed by atoms with Crippen LogP contribution in [-0.2, 0) is 4.79 Å². The number of carbonyl (C=O) groups excluding carboxylic acids is 1. The molecule has 1 amide bonds. The largest absolute Gasteiger partial charge is 0.465 e. The molecule has 5 heteroatoms. The van der Waals surface area contributed by atoms with Crippen LogP contribution in [0.3, 0.4) is 0 Å². The first-order valence-corrected chi connectivity index (χ1v) is 6.19. The van der Waals surface area contributed by atoms with Crippen LogP contribution in [0.15, 0.2) is 53.4 Å². The highest BCUT2D eigenvalue weighted by Gasteiger charge is 2.01. The fourth-order valence-electron chi connectivity index (χ4n) is 1.92. The molecule has 0 spiro atoms. The normalized spacial score (nSPS) is 11.2. The lowest BCUT2D eigenvalue weighted by atomic mass is 10.3. The lowest BCUT2D eigenvalue weighted by Gasteiger charge is -2.02. The standard InChI is InChI=1S/C15H13N3O2/c1-11-9-18-10-12(4-6-14(18)16-11)17-15(19)7-5-13-3-2-8-20-13/h2-10H,1H3,(H,17,19)/b7-5+. The third-order valence-electron chi connectivity index (χ3n) is 2.78. The van der Waals surface area contributed by atoms with E-state index >= 15 is 0 Å². The Hall–Kier alpha value is -2.82. The SMILES string of the molecule is Cc1cn2cc(NC(=O)/C=C/c3ccco3)ccc2n1. The van der Waals surface area contributed by atoms with E-state index in [4.69, 9.17) is 4.42 Å².